The van der Waals surface area contributed by atoms with Gasteiger partial charge in [0.15, 0.2) is 5.13 Å². The number of hydrogen-bond donors (Lipinski definition) is 1. The molecule has 7 nitrogen and oxygen atoms in total. The Balaban J connectivity index is 1.48. The van der Waals surface area contributed by atoms with Crippen molar-refractivity contribution in [3.05, 3.63) is 30.9 Å². The van der Waals surface area contributed by atoms with Crippen LogP contribution in [0.1, 0.15) is 26.7 Å². The lowest BCUT2D eigenvalue weighted by Crippen LogP contribution is -2.42. The predicted molar refractivity (Wildman–Crippen MR) is 107 cm³/mol. The van der Waals surface area contributed by atoms with E-state index in [1.165, 1.54) is 6.33 Å². The number of nitrogens with zero attached hydrogens (tertiary/aromatic N) is 5. The second-order valence-electron chi connectivity index (χ2n) is 7.07. The number of amides is 1. The molecule has 0 aliphatic carbocycles. The van der Waals surface area contributed by atoms with Gasteiger partial charge in [0, 0.05) is 43.0 Å². The van der Waals surface area contributed by atoms with Crippen molar-refractivity contribution in [1.29, 1.82) is 0 Å². The van der Waals surface area contributed by atoms with Crippen molar-refractivity contribution < 1.29 is 4.79 Å². The summed E-state index contributed by atoms with van der Waals surface area (Å²) in [5.41, 5.74) is 2.64. The first-order chi connectivity index (χ1) is 13.1. The molecule has 0 bridgehead atoms. The van der Waals surface area contributed by atoms with E-state index in [0.29, 0.717) is 0 Å². The lowest BCUT2D eigenvalue weighted by atomic mass is 9.96. The quantitative estimate of drug-likeness (QED) is 0.747. The minimum atomic E-state index is 0.0980. The van der Waals surface area contributed by atoms with Crippen LogP contribution in [-0.2, 0) is 4.79 Å². The summed E-state index contributed by atoms with van der Waals surface area (Å²) in [6.45, 7) is 5.68. The van der Waals surface area contributed by atoms with Crippen LogP contribution in [0.5, 0.6) is 0 Å². The summed E-state index contributed by atoms with van der Waals surface area (Å²) in [6.07, 6.45) is 6.74. The second-order valence-corrected chi connectivity index (χ2v) is 8.02. The second kappa shape index (κ2) is 7.56. The van der Waals surface area contributed by atoms with E-state index in [0.717, 1.165) is 52.7 Å². The summed E-state index contributed by atoms with van der Waals surface area (Å²) in [4.78, 5) is 32.9. The van der Waals surface area contributed by atoms with Crippen LogP contribution in [0.4, 0.5) is 5.13 Å². The van der Waals surface area contributed by atoms with E-state index < -0.39 is 0 Å². The van der Waals surface area contributed by atoms with Crippen LogP contribution in [0.3, 0.4) is 0 Å². The van der Waals surface area contributed by atoms with Gasteiger partial charge in [0.25, 0.3) is 0 Å². The van der Waals surface area contributed by atoms with E-state index in [2.05, 4.69) is 20.2 Å². The number of aromatic nitrogens is 4. The van der Waals surface area contributed by atoms with Crippen molar-refractivity contribution >= 4 is 32.7 Å². The zero-order valence-electron chi connectivity index (χ0n) is 15.4. The monoisotopic (exact) mass is 382 g/mol. The van der Waals surface area contributed by atoms with E-state index in [9.17, 15) is 4.79 Å². The number of nitrogens with one attached hydrogen (secondary N) is 1. The summed E-state index contributed by atoms with van der Waals surface area (Å²) in [6, 6.07) is 4.13. The van der Waals surface area contributed by atoms with Gasteiger partial charge in [-0.05, 0) is 38.8 Å². The highest BCUT2D eigenvalue weighted by Gasteiger charge is 2.26. The van der Waals surface area contributed by atoms with Gasteiger partial charge in [-0.1, -0.05) is 11.3 Å². The van der Waals surface area contributed by atoms with Gasteiger partial charge in [-0.25, -0.2) is 19.9 Å². The molecule has 1 aliphatic heterocycles. The van der Waals surface area contributed by atoms with Crippen LogP contribution in [-0.4, -0.2) is 45.0 Å². The number of pyridine rings is 1. The van der Waals surface area contributed by atoms with Gasteiger partial charge in [0.05, 0.1) is 5.69 Å². The minimum absolute atomic E-state index is 0.0980. The summed E-state index contributed by atoms with van der Waals surface area (Å²) in [5.74, 6) is 0.270. The molecule has 1 fully saturated rings. The highest BCUT2D eigenvalue weighted by Crippen LogP contribution is 2.32. The largest absolute Gasteiger partial charge is 0.354 e. The number of hydrogen-bond acceptors (Lipinski definition) is 7. The molecular formula is C19H22N6OS. The predicted octanol–water partition coefficient (Wildman–Crippen LogP) is 2.89. The van der Waals surface area contributed by atoms with Gasteiger partial charge in [0.1, 0.15) is 16.7 Å². The SMILES string of the molecule is CC(C)NC(=O)C1CCN(c2nc3ccc(-c4cncnc4)nc3s2)CC1. The lowest BCUT2D eigenvalue weighted by molar-refractivity contribution is -0.126. The molecule has 3 aromatic rings. The molecule has 1 aliphatic rings. The first-order valence-corrected chi connectivity index (χ1v) is 10.00. The fraction of sp³-hybridized carbons (Fsp3) is 0.421. The Morgan fingerprint density at radius 1 is 1.19 bits per heavy atom. The number of piperidine rings is 1. The van der Waals surface area contributed by atoms with Crippen molar-refractivity contribution in [3.8, 4) is 11.3 Å². The van der Waals surface area contributed by atoms with E-state index in [4.69, 9.17) is 9.97 Å². The summed E-state index contributed by atoms with van der Waals surface area (Å²) >= 11 is 1.60. The molecule has 0 spiro atoms. The standard InChI is InChI=1S/C19H22N6OS/c1-12(2)22-17(26)13-5-7-25(8-6-13)19-24-16-4-3-15(23-18(16)27-19)14-9-20-11-21-10-14/h3-4,9-13H,5-8H2,1-2H3,(H,22,26). The van der Waals surface area contributed by atoms with Crippen LogP contribution in [0, 0.1) is 5.92 Å². The van der Waals surface area contributed by atoms with E-state index >= 15 is 0 Å². The highest BCUT2D eigenvalue weighted by molar-refractivity contribution is 7.21. The normalized spacial score (nSPS) is 15.4. The van der Waals surface area contributed by atoms with Crippen LogP contribution in [0.25, 0.3) is 21.6 Å². The number of rotatable bonds is 4. The van der Waals surface area contributed by atoms with Crippen LogP contribution in [0.15, 0.2) is 30.9 Å². The maximum absolute atomic E-state index is 12.2. The topological polar surface area (TPSA) is 83.9 Å². The fourth-order valence-corrected chi connectivity index (χ4v) is 4.26. The smallest absolute Gasteiger partial charge is 0.223 e. The first kappa shape index (κ1) is 17.8. The minimum Gasteiger partial charge on any atom is -0.354 e. The Morgan fingerprint density at radius 3 is 2.63 bits per heavy atom. The van der Waals surface area contributed by atoms with Gasteiger partial charge in [0.2, 0.25) is 5.91 Å². The van der Waals surface area contributed by atoms with Gasteiger partial charge >= 0.3 is 0 Å². The Kier molecular flexibility index (Phi) is 4.98. The van der Waals surface area contributed by atoms with Crippen molar-refractivity contribution in [2.24, 2.45) is 5.92 Å². The maximum atomic E-state index is 12.2. The summed E-state index contributed by atoms with van der Waals surface area (Å²) < 4.78 is 0. The molecule has 4 heterocycles. The van der Waals surface area contributed by atoms with Gasteiger partial charge < -0.3 is 10.2 Å². The third-order valence-corrected chi connectivity index (χ3v) is 5.69. The number of fused-ring (bicyclic) bond motifs is 1. The van der Waals surface area contributed by atoms with Gasteiger partial charge in [-0.2, -0.15) is 0 Å². The number of anilines is 1. The Labute approximate surface area is 161 Å². The fourth-order valence-electron chi connectivity index (χ4n) is 3.27. The molecule has 1 N–H and O–H groups in total. The van der Waals surface area contributed by atoms with Crippen molar-refractivity contribution in [1.82, 2.24) is 25.3 Å². The molecule has 0 saturated carbocycles. The molecule has 1 saturated heterocycles. The van der Waals surface area contributed by atoms with Gasteiger partial charge in [-0.15, -0.1) is 0 Å². The van der Waals surface area contributed by atoms with Crippen LogP contribution in [0.2, 0.25) is 0 Å². The van der Waals surface area contributed by atoms with Crippen molar-refractivity contribution in [3.63, 3.8) is 0 Å². The molecular weight excluding hydrogens is 360 g/mol. The van der Waals surface area contributed by atoms with E-state index in [-0.39, 0.29) is 17.9 Å². The lowest BCUT2D eigenvalue weighted by Gasteiger charge is -2.31. The van der Waals surface area contributed by atoms with E-state index in [1.807, 2.05) is 26.0 Å². The maximum Gasteiger partial charge on any atom is 0.223 e. The zero-order chi connectivity index (χ0) is 18.8. The molecule has 8 heteroatoms. The van der Waals surface area contributed by atoms with Gasteiger partial charge in [-0.3, -0.25) is 4.79 Å². The molecule has 27 heavy (non-hydrogen) atoms. The Morgan fingerprint density at radius 2 is 1.93 bits per heavy atom. The average molecular weight is 382 g/mol. The summed E-state index contributed by atoms with van der Waals surface area (Å²) in [7, 11) is 0. The molecule has 1 amide bonds. The molecule has 0 radical (unpaired) electrons. The Bertz CT molecular complexity index is 934. The number of thiazole rings is 1. The summed E-state index contributed by atoms with van der Waals surface area (Å²) in [5, 5.41) is 3.99. The number of carbonyl (C=O) groups is 1. The van der Waals surface area contributed by atoms with Crippen LogP contribution < -0.4 is 10.2 Å². The molecule has 0 unspecified atom stereocenters. The first-order valence-electron chi connectivity index (χ1n) is 9.18. The molecule has 0 atom stereocenters. The molecule has 3 aromatic heterocycles. The highest BCUT2D eigenvalue weighted by atomic mass is 32.1. The molecule has 0 aromatic carbocycles. The average Bonchev–Trinajstić information content (AvgIpc) is 3.11. The third-order valence-electron chi connectivity index (χ3n) is 4.67. The Hall–Kier alpha value is -2.61. The zero-order valence-corrected chi connectivity index (χ0v) is 16.2. The van der Waals surface area contributed by atoms with Crippen LogP contribution >= 0.6 is 11.3 Å². The number of carbonyl (C=O) groups excluding carboxylic acids is 1. The molecule has 4 rings (SSSR count). The van der Waals surface area contributed by atoms with Crippen molar-refractivity contribution in [2.75, 3.05) is 18.0 Å². The van der Waals surface area contributed by atoms with E-state index in [1.54, 1.807) is 23.7 Å². The third kappa shape index (κ3) is 3.90. The van der Waals surface area contributed by atoms with Crippen molar-refractivity contribution in [2.45, 2.75) is 32.7 Å². The molecule has 140 valence electrons.